The van der Waals surface area contributed by atoms with Crippen molar-refractivity contribution in [2.24, 2.45) is 5.41 Å². The molecule has 3 nitrogen and oxygen atoms in total. The summed E-state index contributed by atoms with van der Waals surface area (Å²) in [5.74, 6) is 0.109. The fourth-order valence-corrected chi connectivity index (χ4v) is 1.44. The van der Waals surface area contributed by atoms with E-state index in [4.69, 9.17) is 0 Å². The summed E-state index contributed by atoms with van der Waals surface area (Å²) in [6, 6.07) is 0.199. The van der Waals surface area contributed by atoms with Crippen LogP contribution in [-0.2, 0) is 4.79 Å². The lowest BCUT2D eigenvalue weighted by Gasteiger charge is -2.30. The second-order valence-corrected chi connectivity index (χ2v) is 5.97. The van der Waals surface area contributed by atoms with E-state index in [0.29, 0.717) is 6.04 Å². The molecule has 0 fully saturated rings. The summed E-state index contributed by atoms with van der Waals surface area (Å²) in [6.45, 7) is 13.5. The Hall–Kier alpha value is -0.570. The second kappa shape index (κ2) is 7.70. The molecule has 2 N–H and O–H groups in total. The molecule has 0 spiro atoms. The molecule has 0 aliphatic rings. The Balaban J connectivity index is 3.89. The topological polar surface area (TPSA) is 41.1 Å². The van der Waals surface area contributed by atoms with Crippen LogP contribution in [0.4, 0.5) is 0 Å². The van der Waals surface area contributed by atoms with E-state index in [-0.39, 0.29) is 17.4 Å². The minimum Gasteiger partial charge on any atom is -0.355 e. The number of nitrogens with one attached hydrogen (secondary N) is 2. The van der Waals surface area contributed by atoms with Gasteiger partial charge in [0.1, 0.15) is 0 Å². The highest BCUT2D eigenvalue weighted by Crippen LogP contribution is 2.18. The Morgan fingerprint density at radius 2 is 1.76 bits per heavy atom. The van der Waals surface area contributed by atoms with Crippen LogP contribution in [0.3, 0.4) is 0 Å². The molecule has 0 aliphatic carbocycles. The Morgan fingerprint density at radius 3 is 2.24 bits per heavy atom. The van der Waals surface area contributed by atoms with Gasteiger partial charge in [-0.1, -0.05) is 40.5 Å². The van der Waals surface area contributed by atoms with Crippen LogP contribution in [0, 0.1) is 5.41 Å². The van der Waals surface area contributed by atoms with Gasteiger partial charge >= 0.3 is 0 Å². The van der Waals surface area contributed by atoms with Gasteiger partial charge in [-0.25, -0.2) is 0 Å². The Kier molecular flexibility index (Phi) is 7.44. The van der Waals surface area contributed by atoms with Crippen molar-refractivity contribution in [3.8, 4) is 0 Å². The van der Waals surface area contributed by atoms with Crippen molar-refractivity contribution < 1.29 is 4.79 Å². The summed E-state index contributed by atoms with van der Waals surface area (Å²) in [7, 11) is 0. The van der Waals surface area contributed by atoms with Crippen LogP contribution < -0.4 is 10.6 Å². The third kappa shape index (κ3) is 7.37. The fourth-order valence-electron chi connectivity index (χ4n) is 1.44. The number of hydrogen-bond acceptors (Lipinski definition) is 2. The lowest BCUT2D eigenvalue weighted by molar-refractivity contribution is -0.123. The van der Waals surface area contributed by atoms with Gasteiger partial charge in [0.15, 0.2) is 0 Å². The smallest absolute Gasteiger partial charge is 0.236 e. The molecule has 17 heavy (non-hydrogen) atoms. The van der Waals surface area contributed by atoms with E-state index in [1.54, 1.807) is 0 Å². The van der Waals surface area contributed by atoms with E-state index in [1.165, 1.54) is 12.8 Å². The van der Waals surface area contributed by atoms with Crippen molar-refractivity contribution in [3.05, 3.63) is 0 Å². The highest BCUT2D eigenvalue weighted by Gasteiger charge is 2.23. The number of carbonyl (C=O) groups excluding carboxylic acids is 1. The van der Waals surface area contributed by atoms with Crippen LogP contribution in [0.25, 0.3) is 0 Å². The van der Waals surface area contributed by atoms with Crippen LogP contribution in [0.15, 0.2) is 0 Å². The predicted molar refractivity (Wildman–Crippen MR) is 74.0 cm³/mol. The number of unbranched alkanes of at least 4 members (excludes halogenated alkanes) is 2. The van der Waals surface area contributed by atoms with Crippen molar-refractivity contribution in [1.29, 1.82) is 0 Å². The minimum absolute atomic E-state index is 0.109. The Bertz CT molecular complexity index is 221. The lowest BCUT2D eigenvalue weighted by atomic mass is 9.87. The Morgan fingerprint density at radius 1 is 1.18 bits per heavy atom. The molecule has 1 amide bonds. The monoisotopic (exact) mass is 242 g/mol. The molecular formula is C14H30N2O. The largest absolute Gasteiger partial charge is 0.355 e. The quantitative estimate of drug-likeness (QED) is 0.674. The molecule has 2 unspecified atom stereocenters. The SMILES string of the molecule is CCCCCNC(=O)C(C)NC(C)C(C)(C)C. The van der Waals surface area contributed by atoms with Crippen LogP contribution in [0.2, 0.25) is 0 Å². The first-order chi connectivity index (χ1) is 7.79. The van der Waals surface area contributed by atoms with Crippen molar-refractivity contribution >= 4 is 5.91 Å². The van der Waals surface area contributed by atoms with E-state index < -0.39 is 0 Å². The molecular weight excluding hydrogens is 212 g/mol. The minimum atomic E-state index is -0.120. The molecule has 102 valence electrons. The number of carbonyl (C=O) groups is 1. The van der Waals surface area contributed by atoms with E-state index in [2.05, 4.69) is 45.3 Å². The first kappa shape index (κ1) is 16.4. The second-order valence-electron chi connectivity index (χ2n) is 5.97. The molecule has 0 rings (SSSR count). The van der Waals surface area contributed by atoms with Gasteiger partial charge < -0.3 is 10.6 Å². The van der Waals surface area contributed by atoms with Gasteiger partial charge in [-0.15, -0.1) is 0 Å². The van der Waals surface area contributed by atoms with Gasteiger partial charge in [0.2, 0.25) is 5.91 Å². The number of rotatable bonds is 7. The van der Waals surface area contributed by atoms with E-state index in [1.807, 2.05) is 6.92 Å². The maximum atomic E-state index is 11.8. The third-order valence-corrected chi connectivity index (χ3v) is 3.27. The highest BCUT2D eigenvalue weighted by atomic mass is 16.2. The molecule has 0 heterocycles. The van der Waals surface area contributed by atoms with Crippen molar-refractivity contribution in [3.63, 3.8) is 0 Å². The zero-order valence-electron chi connectivity index (χ0n) is 12.4. The van der Waals surface area contributed by atoms with E-state index in [0.717, 1.165) is 13.0 Å². The average molecular weight is 242 g/mol. The number of hydrogen-bond donors (Lipinski definition) is 2. The summed E-state index contributed by atoms with van der Waals surface area (Å²) in [5, 5.41) is 6.32. The molecule has 0 radical (unpaired) electrons. The third-order valence-electron chi connectivity index (χ3n) is 3.27. The molecule has 0 aromatic carbocycles. The summed E-state index contributed by atoms with van der Waals surface area (Å²) < 4.78 is 0. The molecule has 3 heteroatoms. The first-order valence-corrected chi connectivity index (χ1v) is 6.82. The van der Waals surface area contributed by atoms with Crippen molar-refractivity contribution in [1.82, 2.24) is 10.6 Å². The standard InChI is InChI=1S/C14H30N2O/c1-7-8-9-10-15-13(17)11(2)16-12(3)14(4,5)6/h11-12,16H,7-10H2,1-6H3,(H,15,17). The molecule has 0 aromatic rings. The Labute approximate surface area is 107 Å². The molecule has 2 atom stereocenters. The maximum absolute atomic E-state index is 11.8. The summed E-state index contributed by atoms with van der Waals surface area (Å²) in [6.07, 6.45) is 3.44. The maximum Gasteiger partial charge on any atom is 0.236 e. The lowest BCUT2D eigenvalue weighted by Crippen LogP contribution is -2.49. The van der Waals surface area contributed by atoms with Crippen LogP contribution in [0.5, 0.6) is 0 Å². The van der Waals surface area contributed by atoms with Crippen molar-refractivity contribution in [2.75, 3.05) is 6.54 Å². The predicted octanol–water partition coefficient (Wildman–Crippen LogP) is 2.71. The van der Waals surface area contributed by atoms with Gasteiger partial charge in [-0.2, -0.15) is 0 Å². The van der Waals surface area contributed by atoms with E-state index in [9.17, 15) is 4.79 Å². The van der Waals surface area contributed by atoms with Gasteiger partial charge in [0.25, 0.3) is 0 Å². The van der Waals surface area contributed by atoms with Crippen LogP contribution >= 0.6 is 0 Å². The molecule has 0 saturated heterocycles. The summed E-state index contributed by atoms with van der Waals surface area (Å²) in [5.41, 5.74) is 0.177. The normalized spacial score (nSPS) is 15.4. The first-order valence-electron chi connectivity index (χ1n) is 6.82. The van der Waals surface area contributed by atoms with Crippen molar-refractivity contribution in [2.45, 2.75) is 72.9 Å². The number of amides is 1. The molecule has 0 saturated carbocycles. The summed E-state index contributed by atoms with van der Waals surface area (Å²) in [4.78, 5) is 11.8. The van der Waals surface area contributed by atoms with Crippen LogP contribution in [0.1, 0.15) is 60.8 Å². The fraction of sp³-hybridized carbons (Fsp3) is 0.929. The molecule has 0 aliphatic heterocycles. The highest BCUT2D eigenvalue weighted by molar-refractivity contribution is 5.81. The summed E-state index contributed by atoms with van der Waals surface area (Å²) >= 11 is 0. The zero-order chi connectivity index (χ0) is 13.5. The van der Waals surface area contributed by atoms with Gasteiger partial charge in [-0.3, -0.25) is 4.79 Å². The van der Waals surface area contributed by atoms with Gasteiger partial charge in [0, 0.05) is 12.6 Å². The van der Waals surface area contributed by atoms with E-state index >= 15 is 0 Å². The zero-order valence-corrected chi connectivity index (χ0v) is 12.4. The van der Waals surface area contributed by atoms with Gasteiger partial charge in [-0.05, 0) is 25.7 Å². The van der Waals surface area contributed by atoms with Gasteiger partial charge in [0.05, 0.1) is 6.04 Å². The molecule has 0 aromatic heterocycles. The average Bonchev–Trinajstić information content (AvgIpc) is 2.22. The molecule has 0 bridgehead atoms. The van der Waals surface area contributed by atoms with Crippen LogP contribution in [-0.4, -0.2) is 24.5 Å².